The molecule has 28 heavy (non-hydrogen) atoms. The van der Waals surface area contributed by atoms with Crippen molar-refractivity contribution in [2.75, 3.05) is 31.1 Å². The summed E-state index contributed by atoms with van der Waals surface area (Å²) in [4.78, 5) is 32.8. The van der Waals surface area contributed by atoms with Crippen molar-refractivity contribution in [2.24, 2.45) is 0 Å². The van der Waals surface area contributed by atoms with Crippen LogP contribution < -0.4 is 4.90 Å². The first kappa shape index (κ1) is 20.1. The maximum Gasteiger partial charge on any atom is 0.342 e. The van der Waals surface area contributed by atoms with Gasteiger partial charge in [-0.15, -0.1) is 0 Å². The van der Waals surface area contributed by atoms with Gasteiger partial charge in [-0.05, 0) is 44.2 Å². The molecule has 1 saturated heterocycles. The van der Waals surface area contributed by atoms with Gasteiger partial charge < -0.3 is 14.5 Å². The van der Waals surface area contributed by atoms with Crippen molar-refractivity contribution in [1.29, 1.82) is 0 Å². The number of nitrogens with zero attached hydrogens (tertiary/aromatic N) is 3. The van der Waals surface area contributed by atoms with Gasteiger partial charge in [0.05, 0.1) is 11.7 Å². The number of anilines is 1. The fourth-order valence-corrected chi connectivity index (χ4v) is 3.20. The van der Waals surface area contributed by atoms with Gasteiger partial charge >= 0.3 is 5.97 Å². The Bertz CT molecular complexity index is 883. The van der Waals surface area contributed by atoms with Crippen LogP contribution in [-0.2, 0) is 4.74 Å². The molecule has 0 N–H and O–H groups in total. The third-order valence-corrected chi connectivity index (χ3v) is 4.61. The second kappa shape index (κ2) is 8.56. The molecule has 6 nitrogen and oxygen atoms in total. The molecule has 0 spiro atoms. The predicted molar refractivity (Wildman–Crippen MR) is 104 cm³/mol. The SMILES string of the molecule is CC(C)OC(=O)c1cccnc1N1CCN(C(=O)c2ccc(Cl)cc2F)CC1. The molecular weight excluding hydrogens is 385 g/mol. The molecule has 148 valence electrons. The number of ether oxygens (including phenoxy) is 1. The topological polar surface area (TPSA) is 62.7 Å². The van der Waals surface area contributed by atoms with Gasteiger partial charge in [0.1, 0.15) is 17.2 Å². The number of carbonyl (C=O) groups is 2. The van der Waals surface area contributed by atoms with Crippen molar-refractivity contribution >= 4 is 29.3 Å². The molecule has 2 heterocycles. The molecule has 1 aliphatic rings. The zero-order valence-corrected chi connectivity index (χ0v) is 16.4. The van der Waals surface area contributed by atoms with Crippen LogP contribution in [0, 0.1) is 5.82 Å². The summed E-state index contributed by atoms with van der Waals surface area (Å²) >= 11 is 5.75. The van der Waals surface area contributed by atoms with Crippen molar-refractivity contribution in [1.82, 2.24) is 9.88 Å². The molecule has 0 atom stereocenters. The van der Waals surface area contributed by atoms with E-state index in [0.29, 0.717) is 37.6 Å². The van der Waals surface area contributed by atoms with E-state index in [1.807, 2.05) is 4.90 Å². The third kappa shape index (κ3) is 4.42. The lowest BCUT2D eigenvalue weighted by Crippen LogP contribution is -2.49. The zero-order valence-electron chi connectivity index (χ0n) is 15.7. The number of halogens is 2. The molecular formula is C20H21ClFN3O3. The summed E-state index contributed by atoms with van der Waals surface area (Å²) in [6, 6.07) is 7.38. The molecule has 1 aromatic carbocycles. The fraction of sp³-hybridized carbons (Fsp3) is 0.350. The molecule has 1 fully saturated rings. The normalized spacial score (nSPS) is 14.3. The maximum atomic E-state index is 14.0. The molecule has 2 aromatic rings. The van der Waals surface area contributed by atoms with Crippen molar-refractivity contribution in [2.45, 2.75) is 20.0 Å². The summed E-state index contributed by atoms with van der Waals surface area (Å²) in [5, 5.41) is 0.245. The average molecular weight is 406 g/mol. The van der Waals surface area contributed by atoms with Crippen LogP contribution in [-0.4, -0.2) is 54.0 Å². The van der Waals surface area contributed by atoms with E-state index < -0.39 is 11.8 Å². The Morgan fingerprint density at radius 1 is 1.14 bits per heavy atom. The maximum absolute atomic E-state index is 14.0. The van der Waals surface area contributed by atoms with Gasteiger partial charge in [-0.25, -0.2) is 14.2 Å². The Labute approximate surface area is 167 Å². The summed E-state index contributed by atoms with van der Waals surface area (Å²) in [6.07, 6.45) is 1.38. The van der Waals surface area contributed by atoms with E-state index in [2.05, 4.69) is 4.98 Å². The molecule has 1 aliphatic heterocycles. The van der Waals surface area contributed by atoms with Gasteiger partial charge in [-0.3, -0.25) is 4.79 Å². The average Bonchev–Trinajstić information content (AvgIpc) is 2.67. The lowest BCUT2D eigenvalue weighted by molar-refractivity contribution is 0.0377. The first-order chi connectivity index (χ1) is 13.4. The summed E-state index contributed by atoms with van der Waals surface area (Å²) in [5.74, 6) is -0.921. The Kier molecular flexibility index (Phi) is 6.14. The highest BCUT2D eigenvalue weighted by molar-refractivity contribution is 6.30. The number of benzene rings is 1. The lowest BCUT2D eigenvalue weighted by Gasteiger charge is -2.36. The molecule has 0 bridgehead atoms. The number of rotatable bonds is 4. The van der Waals surface area contributed by atoms with Crippen LogP contribution in [0.15, 0.2) is 36.5 Å². The lowest BCUT2D eigenvalue weighted by atomic mass is 10.1. The van der Waals surface area contributed by atoms with Crippen LogP contribution in [0.25, 0.3) is 0 Å². The van der Waals surface area contributed by atoms with Gasteiger partial charge in [-0.2, -0.15) is 0 Å². The smallest absolute Gasteiger partial charge is 0.342 e. The van der Waals surface area contributed by atoms with E-state index in [9.17, 15) is 14.0 Å². The quantitative estimate of drug-likeness (QED) is 0.729. The standard InChI is InChI=1S/C20H21ClFN3O3/c1-13(2)28-20(27)16-4-3-7-23-18(16)24-8-10-25(11-9-24)19(26)15-6-5-14(21)12-17(15)22/h3-7,12-13H,8-11H2,1-2H3. The predicted octanol–water partition coefficient (Wildman–Crippen LogP) is 3.40. The summed E-state index contributed by atoms with van der Waals surface area (Å²) < 4.78 is 19.3. The van der Waals surface area contributed by atoms with Crippen molar-refractivity contribution in [3.05, 3.63) is 58.5 Å². The third-order valence-electron chi connectivity index (χ3n) is 4.38. The summed E-state index contributed by atoms with van der Waals surface area (Å²) in [7, 11) is 0. The second-order valence-electron chi connectivity index (χ2n) is 6.73. The molecule has 3 rings (SSSR count). The molecule has 0 aliphatic carbocycles. The Morgan fingerprint density at radius 2 is 1.86 bits per heavy atom. The minimum Gasteiger partial charge on any atom is -0.459 e. The highest BCUT2D eigenvalue weighted by Crippen LogP contribution is 2.22. The number of amides is 1. The fourth-order valence-electron chi connectivity index (χ4n) is 3.04. The van der Waals surface area contributed by atoms with Crippen LogP contribution in [0.4, 0.5) is 10.2 Å². The van der Waals surface area contributed by atoms with E-state index in [0.717, 1.165) is 6.07 Å². The first-order valence-electron chi connectivity index (χ1n) is 9.02. The van der Waals surface area contributed by atoms with E-state index in [1.165, 1.54) is 12.1 Å². The zero-order chi connectivity index (χ0) is 20.3. The number of hydrogen-bond donors (Lipinski definition) is 0. The van der Waals surface area contributed by atoms with Gasteiger partial charge in [0, 0.05) is 37.4 Å². The number of piperazine rings is 1. The minimum atomic E-state index is -0.636. The molecule has 1 aromatic heterocycles. The van der Waals surface area contributed by atoms with Gasteiger partial charge in [-0.1, -0.05) is 11.6 Å². The number of carbonyl (C=O) groups excluding carboxylic acids is 2. The van der Waals surface area contributed by atoms with Gasteiger partial charge in [0.25, 0.3) is 5.91 Å². The second-order valence-corrected chi connectivity index (χ2v) is 7.17. The minimum absolute atomic E-state index is 0.00288. The number of aromatic nitrogens is 1. The highest BCUT2D eigenvalue weighted by Gasteiger charge is 2.27. The van der Waals surface area contributed by atoms with E-state index >= 15 is 0 Å². The van der Waals surface area contributed by atoms with Crippen molar-refractivity contribution in [3.63, 3.8) is 0 Å². The molecule has 0 radical (unpaired) electrons. The van der Waals surface area contributed by atoms with E-state index in [1.54, 1.807) is 37.1 Å². The first-order valence-corrected chi connectivity index (χ1v) is 9.40. The number of esters is 1. The molecule has 1 amide bonds. The summed E-state index contributed by atoms with van der Waals surface area (Å²) in [6.45, 7) is 5.29. The molecule has 0 saturated carbocycles. The van der Waals surface area contributed by atoms with Crippen LogP contribution in [0.5, 0.6) is 0 Å². The highest BCUT2D eigenvalue weighted by atomic mass is 35.5. The van der Waals surface area contributed by atoms with Crippen LogP contribution in [0.3, 0.4) is 0 Å². The summed E-state index contributed by atoms with van der Waals surface area (Å²) in [5.41, 5.74) is 0.386. The van der Waals surface area contributed by atoms with E-state index in [4.69, 9.17) is 16.3 Å². The number of pyridine rings is 1. The van der Waals surface area contributed by atoms with Crippen LogP contribution in [0.1, 0.15) is 34.6 Å². The molecule has 0 unspecified atom stereocenters. The number of hydrogen-bond acceptors (Lipinski definition) is 5. The van der Waals surface area contributed by atoms with Crippen molar-refractivity contribution < 1.29 is 18.7 Å². The van der Waals surface area contributed by atoms with E-state index in [-0.39, 0.29) is 22.6 Å². The van der Waals surface area contributed by atoms with Gasteiger partial charge in [0.2, 0.25) is 0 Å². The monoisotopic (exact) mass is 405 g/mol. The van der Waals surface area contributed by atoms with Gasteiger partial charge in [0.15, 0.2) is 0 Å². The van der Waals surface area contributed by atoms with Crippen LogP contribution >= 0.6 is 11.6 Å². The Morgan fingerprint density at radius 3 is 2.50 bits per heavy atom. The Balaban J connectivity index is 1.71. The van der Waals surface area contributed by atoms with Crippen LogP contribution in [0.2, 0.25) is 5.02 Å². The largest absolute Gasteiger partial charge is 0.459 e. The Hall–Kier alpha value is -2.67. The molecule has 8 heteroatoms. The van der Waals surface area contributed by atoms with Crippen molar-refractivity contribution in [3.8, 4) is 0 Å².